The Bertz CT molecular complexity index is 1020. The van der Waals surface area contributed by atoms with E-state index in [4.69, 9.17) is 16.3 Å². The summed E-state index contributed by atoms with van der Waals surface area (Å²) in [6, 6.07) is 7.80. The van der Waals surface area contributed by atoms with E-state index in [1.165, 1.54) is 41.2 Å². The molecule has 6 nitrogen and oxygen atoms in total. The second kappa shape index (κ2) is 7.78. The molecule has 0 amide bonds. The number of benzene rings is 1. The Morgan fingerprint density at radius 3 is 2.70 bits per heavy atom. The first-order valence-electron chi connectivity index (χ1n) is 8.92. The molecule has 1 aliphatic carbocycles. The Morgan fingerprint density at radius 1 is 1.22 bits per heavy atom. The standard InChI is InChI=1S/C19H18ClN3O3S/c20-14-8-6-13(7-9-14)18(25)26-11-15-10-16(24)23-19(21-15)27-17(22-23)12-4-2-1-3-5-12/h6-10,12H,1-5,11H2. The molecule has 4 rings (SSSR count). The number of esters is 1. The van der Waals surface area contributed by atoms with Gasteiger partial charge in [-0.25, -0.2) is 9.78 Å². The summed E-state index contributed by atoms with van der Waals surface area (Å²) >= 11 is 7.27. The van der Waals surface area contributed by atoms with Crippen LogP contribution in [0, 0.1) is 0 Å². The average Bonchev–Trinajstić information content (AvgIpc) is 3.12. The number of nitrogens with zero attached hydrogens (tertiary/aromatic N) is 3. The quantitative estimate of drug-likeness (QED) is 0.610. The Kier molecular flexibility index (Phi) is 5.22. The molecule has 1 aromatic carbocycles. The van der Waals surface area contributed by atoms with Crippen LogP contribution in [0.4, 0.5) is 0 Å². The third kappa shape index (κ3) is 4.04. The van der Waals surface area contributed by atoms with Crippen molar-refractivity contribution in [2.45, 2.75) is 44.6 Å². The third-order valence-electron chi connectivity index (χ3n) is 4.70. The molecule has 0 aliphatic heterocycles. The SMILES string of the molecule is O=C(OCc1cc(=O)n2nc(C3CCCCC3)sc2n1)c1ccc(Cl)cc1. The van der Waals surface area contributed by atoms with Crippen LogP contribution in [-0.2, 0) is 11.3 Å². The third-order valence-corrected chi connectivity index (χ3v) is 6.02. The Balaban J connectivity index is 1.51. The van der Waals surface area contributed by atoms with Crippen molar-refractivity contribution in [2.24, 2.45) is 0 Å². The normalized spacial score (nSPS) is 15.1. The molecular formula is C19H18ClN3O3S. The molecule has 0 radical (unpaired) electrons. The maximum absolute atomic E-state index is 12.4. The van der Waals surface area contributed by atoms with E-state index in [-0.39, 0.29) is 12.2 Å². The summed E-state index contributed by atoms with van der Waals surface area (Å²) in [5, 5.41) is 5.98. The van der Waals surface area contributed by atoms with Gasteiger partial charge in [0.1, 0.15) is 11.6 Å². The molecule has 8 heteroatoms. The molecule has 3 aromatic rings. The molecule has 1 saturated carbocycles. The van der Waals surface area contributed by atoms with Gasteiger partial charge in [0.25, 0.3) is 5.56 Å². The van der Waals surface area contributed by atoms with Crippen molar-refractivity contribution in [3.05, 3.63) is 62.0 Å². The molecule has 0 N–H and O–H groups in total. The van der Waals surface area contributed by atoms with Crippen molar-refractivity contribution in [3.8, 4) is 0 Å². The summed E-state index contributed by atoms with van der Waals surface area (Å²) in [6.07, 6.45) is 5.90. The average molecular weight is 404 g/mol. The summed E-state index contributed by atoms with van der Waals surface area (Å²) in [5.41, 5.74) is 0.562. The van der Waals surface area contributed by atoms with Gasteiger partial charge in [-0.1, -0.05) is 42.2 Å². The lowest BCUT2D eigenvalue weighted by Gasteiger charge is -2.18. The van der Waals surface area contributed by atoms with Crippen molar-refractivity contribution >= 4 is 33.9 Å². The van der Waals surface area contributed by atoms with Crippen molar-refractivity contribution in [1.29, 1.82) is 0 Å². The number of carbonyl (C=O) groups excluding carboxylic acids is 1. The molecule has 27 heavy (non-hydrogen) atoms. The highest BCUT2D eigenvalue weighted by Crippen LogP contribution is 2.34. The van der Waals surface area contributed by atoms with E-state index in [9.17, 15) is 9.59 Å². The van der Waals surface area contributed by atoms with Crippen LogP contribution in [0.3, 0.4) is 0 Å². The first-order chi connectivity index (χ1) is 13.1. The molecule has 0 unspecified atom stereocenters. The largest absolute Gasteiger partial charge is 0.456 e. The van der Waals surface area contributed by atoms with Crippen LogP contribution < -0.4 is 5.56 Å². The van der Waals surface area contributed by atoms with Crippen molar-refractivity contribution < 1.29 is 9.53 Å². The fraction of sp³-hybridized carbons (Fsp3) is 0.368. The molecular weight excluding hydrogens is 386 g/mol. The number of halogens is 1. The summed E-state index contributed by atoms with van der Waals surface area (Å²) in [4.78, 5) is 29.5. The second-order valence-electron chi connectivity index (χ2n) is 6.64. The fourth-order valence-corrected chi connectivity index (χ4v) is 4.49. The van der Waals surface area contributed by atoms with E-state index < -0.39 is 5.97 Å². The van der Waals surface area contributed by atoms with E-state index in [0.29, 0.717) is 27.2 Å². The van der Waals surface area contributed by atoms with Crippen LogP contribution >= 0.6 is 22.9 Å². The summed E-state index contributed by atoms with van der Waals surface area (Å²) < 4.78 is 6.62. The van der Waals surface area contributed by atoms with Crippen LogP contribution in [0.2, 0.25) is 5.02 Å². The highest BCUT2D eigenvalue weighted by molar-refractivity contribution is 7.16. The van der Waals surface area contributed by atoms with Gasteiger partial charge in [0, 0.05) is 17.0 Å². The van der Waals surface area contributed by atoms with Crippen molar-refractivity contribution in [2.75, 3.05) is 0 Å². The molecule has 1 fully saturated rings. The molecule has 0 spiro atoms. The summed E-state index contributed by atoms with van der Waals surface area (Å²) in [5.74, 6) is -0.0723. The van der Waals surface area contributed by atoms with Gasteiger partial charge in [0.2, 0.25) is 4.96 Å². The van der Waals surface area contributed by atoms with Crippen LogP contribution in [0.1, 0.15) is 59.1 Å². The highest BCUT2D eigenvalue weighted by Gasteiger charge is 2.20. The maximum atomic E-state index is 12.4. The van der Waals surface area contributed by atoms with Crippen LogP contribution in [0.5, 0.6) is 0 Å². The van der Waals surface area contributed by atoms with Gasteiger partial charge in [0.05, 0.1) is 11.3 Å². The van der Waals surface area contributed by atoms with Gasteiger partial charge in [-0.15, -0.1) is 0 Å². The monoisotopic (exact) mass is 403 g/mol. The number of aromatic nitrogens is 3. The molecule has 1 aliphatic rings. The van der Waals surface area contributed by atoms with Gasteiger partial charge in [-0.05, 0) is 37.1 Å². The number of ether oxygens (including phenoxy) is 1. The minimum Gasteiger partial charge on any atom is -0.456 e. The van der Waals surface area contributed by atoms with Gasteiger partial charge in [0.15, 0.2) is 0 Å². The lowest BCUT2D eigenvalue weighted by molar-refractivity contribution is 0.0468. The van der Waals surface area contributed by atoms with E-state index in [1.54, 1.807) is 24.3 Å². The number of hydrogen-bond acceptors (Lipinski definition) is 6. The van der Waals surface area contributed by atoms with Crippen LogP contribution in [0.15, 0.2) is 35.1 Å². The van der Waals surface area contributed by atoms with E-state index in [2.05, 4.69) is 10.1 Å². The first-order valence-corrected chi connectivity index (χ1v) is 10.1. The van der Waals surface area contributed by atoms with Gasteiger partial charge in [-0.2, -0.15) is 9.61 Å². The van der Waals surface area contributed by atoms with Gasteiger partial charge >= 0.3 is 5.97 Å². The topological polar surface area (TPSA) is 73.6 Å². The Hall–Kier alpha value is -2.25. The Labute approximate surface area is 164 Å². The minimum atomic E-state index is -0.485. The zero-order valence-electron chi connectivity index (χ0n) is 14.6. The molecule has 140 valence electrons. The predicted octanol–water partition coefficient (Wildman–Crippen LogP) is 4.21. The van der Waals surface area contributed by atoms with Gasteiger partial charge < -0.3 is 4.74 Å². The van der Waals surface area contributed by atoms with Gasteiger partial charge in [-0.3, -0.25) is 4.79 Å². The molecule has 0 saturated heterocycles. The maximum Gasteiger partial charge on any atom is 0.338 e. The van der Waals surface area contributed by atoms with E-state index in [0.717, 1.165) is 17.8 Å². The minimum absolute atomic E-state index is 0.0656. The van der Waals surface area contributed by atoms with E-state index in [1.807, 2.05) is 0 Å². The lowest BCUT2D eigenvalue weighted by atomic mass is 9.90. The highest BCUT2D eigenvalue weighted by atomic mass is 35.5. The number of rotatable bonds is 4. The summed E-state index contributed by atoms with van der Waals surface area (Å²) in [7, 11) is 0. The number of hydrogen-bond donors (Lipinski definition) is 0. The molecule has 2 heterocycles. The Morgan fingerprint density at radius 2 is 1.96 bits per heavy atom. The van der Waals surface area contributed by atoms with Crippen molar-refractivity contribution in [3.63, 3.8) is 0 Å². The van der Waals surface area contributed by atoms with Crippen LogP contribution in [-0.4, -0.2) is 20.6 Å². The fourth-order valence-electron chi connectivity index (χ4n) is 3.27. The predicted molar refractivity (Wildman–Crippen MR) is 104 cm³/mol. The lowest BCUT2D eigenvalue weighted by Crippen LogP contribution is -2.17. The molecule has 2 aromatic heterocycles. The second-order valence-corrected chi connectivity index (χ2v) is 8.06. The zero-order valence-corrected chi connectivity index (χ0v) is 16.1. The van der Waals surface area contributed by atoms with E-state index >= 15 is 0 Å². The van der Waals surface area contributed by atoms with Crippen LogP contribution in [0.25, 0.3) is 4.96 Å². The summed E-state index contributed by atoms with van der Waals surface area (Å²) in [6.45, 7) is -0.0656. The molecule has 0 atom stereocenters. The number of carbonyl (C=O) groups is 1. The smallest absolute Gasteiger partial charge is 0.338 e. The molecule has 0 bridgehead atoms. The first kappa shape index (κ1) is 18.1. The zero-order chi connectivity index (χ0) is 18.8. The van der Waals surface area contributed by atoms with Crippen molar-refractivity contribution in [1.82, 2.24) is 14.6 Å². The number of fused-ring (bicyclic) bond motifs is 1.